The highest BCUT2D eigenvalue weighted by atomic mass is 15.1. The molecule has 0 aliphatic carbocycles. The SMILES string of the molecule is CN(Cc1ccncc1)c1cccc(C(=N)N)c1. The molecule has 0 unspecified atom stereocenters. The lowest BCUT2D eigenvalue weighted by Gasteiger charge is -2.20. The summed E-state index contributed by atoms with van der Waals surface area (Å²) >= 11 is 0. The highest BCUT2D eigenvalue weighted by Crippen LogP contribution is 2.16. The van der Waals surface area contributed by atoms with E-state index in [9.17, 15) is 0 Å². The van der Waals surface area contributed by atoms with Crippen molar-refractivity contribution in [2.45, 2.75) is 6.54 Å². The standard InChI is InChI=1S/C14H16N4/c1-18(10-11-5-7-17-8-6-11)13-4-2-3-12(9-13)14(15)16/h2-9H,10H2,1H3,(H3,15,16). The van der Waals surface area contributed by atoms with E-state index in [0.717, 1.165) is 17.8 Å². The minimum atomic E-state index is 0.0918. The van der Waals surface area contributed by atoms with Crippen LogP contribution in [0.1, 0.15) is 11.1 Å². The van der Waals surface area contributed by atoms with Gasteiger partial charge in [-0.2, -0.15) is 0 Å². The zero-order valence-electron chi connectivity index (χ0n) is 10.3. The molecule has 3 N–H and O–H groups in total. The van der Waals surface area contributed by atoms with Gasteiger partial charge in [0, 0.05) is 37.2 Å². The molecule has 1 aromatic carbocycles. The fourth-order valence-corrected chi connectivity index (χ4v) is 1.76. The van der Waals surface area contributed by atoms with Crippen LogP contribution in [0.15, 0.2) is 48.8 Å². The summed E-state index contributed by atoms with van der Waals surface area (Å²) in [5.41, 5.74) is 8.47. The maximum Gasteiger partial charge on any atom is 0.122 e. The summed E-state index contributed by atoms with van der Waals surface area (Å²) in [6.07, 6.45) is 3.57. The number of amidine groups is 1. The van der Waals surface area contributed by atoms with Crippen LogP contribution in [0.3, 0.4) is 0 Å². The summed E-state index contributed by atoms with van der Waals surface area (Å²) in [6, 6.07) is 11.7. The minimum absolute atomic E-state index is 0.0918. The number of nitrogens with one attached hydrogen (secondary N) is 1. The third-order valence-corrected chi connectivity index (χ3v) is 2.77. The first-order valence-corrected chi connectivity index (χ1v) is 5.71. The number of anilines is 1. The van der Waals surface area contributed by atoms with E-state index in [0.29, 0.717) is 0 Å². The van der Waals surface area contributed by atoms with E-state index in [1.165, 1.54) is 5.56 Å². The van der Waals surface area contributed by atoms with Crippen molar-refractivity contribution in [3.63, 3.8) is 0 Å². The van der Waals surface area contributed by atoms with Gasteiger partial charge in [0.05, 0.1) is 0 Å². The molecule has 2 rings (SSSR count). The van der Waals surface area contributed by atoms with Gasteiger partial charge < -0.3 is 10.6 Å². The molecule has 0 bridgehead atoms. The van der Waals surface area contributed by atoms with Gasteiger partial charge in [0.25, 0.3) is 0 Å². The predicted octanol–water partition coefficient (Wildman–Crippen LogP) is 2.00. The van der Waals surface area contributed by atoms with Gasteiger partial charge in [0.1, 0.15) is 5.84 Å². The lowest BCUT2D eigenvalue weighted by molar-refractivity contribution is 0.919. The molecule has 2 aromatic rings. The normalized spacial score (nSPS) is 10.1. The average molecular weight is 240 g/mol. The number of rotatable bonds is 4. The van der Waals surface area contributed by atoms with E-state index in [-0.39, 0.29) is 5.84 Å². The second-order valence-corrected chi connectivity index (χ2v) is 4.18. The van der Waals surface area contributed by atoms with Crippen molar-refractivity contribution in [3.05, 3.63) is 59.9 Å². The Bertz CT molecular complexity index is 537. The molecule has 0 amide bonds. The van der Waals surface area contributed by atoms with E-state index >= 15 is 0 Å². The second-order valence-electron chi connectivity index (χ2n) is 4.18. The number of hydrogen-bond donors (Lipinski definition) is 2. The minimum Gasteiger partial charge on any atom is -0.384 e. The van der Waals surface area contributed by atoms with Crippen LogP contribution in [0, 0.1) is 5.41 Å². The Labute approximate surface area is 107 Å². The van der Waals surface area contributed by atoms with Crippen molar-refractivity contribution < 1.29 is 0 Å². The Morgan fingerprint density at radius 2 is 2.00 bits per heavy atom. The molecule has 0 fully saturated rings. The van der Waals surface area contributed by atoms with Crippen molar-refractivity contribution in [2.24, 2.45) is 5.73 Å². The Kier molecular flexibility index (Phi) is 3.57. The second kappa shape index (κ2) is 5.31. The van der Waals surface area contributed by atoms with E-state index in [1.807, 2.05) is 43.4 Å². The van der Waals surface area contributed by atoms with Gasteiger partial charge in [-0.1, -0.05) is 12.1 Å². The summed E-state index contributed by atoms with van der Waals surface area (Å²) < 4.78 is 0. The quantitative estimate of drug-likeness (QED) is 0.634. The van der Waals surface area contributed by atoms with Crippen LogP contribution < -0.4 is 10.6 Å². The van der Waals surface area contributed by atoms with E-state index in [1.54, 1.807) is 12.4 Å². The first-order valence-electron chi connectivity index (χ1n) is 5.71. The van der Waals surface area contributed by atoms with Crippen molar-refractivity contribution in [1.82, 2.24) is 4.98 Å². The maximum atomic E-state index is 7.45. The molecule has 18 heavy (non-hydrogen) atoms. The molecule has 0 radical (unpaired) electrons. The molecule has 0 spiro atoms. The number of nitrogen functional groups attached to an aromatic ring is 1. The molecule has 0 atom stereocenters. The number of hydrogen-bond acceptors (Lipinski definition) is 3. The van der Waals surface area contributed by atoms with Gasteiger partial charge in [-0.3, -0.25) is 10.4 Å². The van der Waals surface area contributed by atoms with Crippen molar-refractivity contribution in [1.29, 1.82) is 5.41 Å². The monoisotopic (exact) mass is 240 g/mol. The molecular formula is C14H16N4. The average Bonchev–Trinajstić information content (AvgIpc) is 2.40. The topological polar surface area (TPSA) is 66.0 Å². The largest absolute Gasteiger partial charge is 0.384 e. The summed E-state index contributed by atoms with van der Waals surface area (Å²) in [5.74, 6) is 0.0918. The Morgan fingerprint density at radius 1 is 1.28 bits per heavy atom. The third-order valence-electron chi connectivity index (χ3n) is 2.77. The molecule has 4 heteroatoms. The summed E-state index contributed by atoms with van der Waals surface area (Å²) in [5, 5.41) is 7.45. The van der Waals surface area contributed by atoms with Crippen molar-refractivity contribution >= 4 is 11.5 Å². The number of nitrogens with two attached hydrogens (primary N) is 1. The summed E-state index contributed by atoms with van der Waals surface area (Å²) in [4.78, 5) is 6.11. The molecule has 0 aliphatic rings. The maximum absolute atomic E-state index is 7.45. The molecular weight excluding hydrogens is 224 g/mol. The van der Waals surface area contributed by atoms with Crippen LogP contribution in [0.4, 0.5) is 5.69 Å². The highest BCUT2D eigenvalue weighted by molar-refractivity contribution is 5.95. The van der Waals surface area contributed by atoms with Gasteiger partial charge in [-0.15, -0.1) is 0 Å². The molecule has 0 saturated carbocycles. The molecule has 4 nitrogen and oxygen atoms in total. The Balaban J connectivity index is 2.16. The van der Waals surface area contributed by atoms with Crippen molar-refractivity contribution in [3.8, 4) is 0 Å². The fourth-order valence-electron chi connectivity index (χ4n) is 1.76. The first-order chi connectivity index (χ1) is 8.66. The summed E-state index contributed by atoms with van der Waals surface area (Å²) in [7, 11) is 2.01. The van der Waals surface area contributed by atoms with E-state index in [2.05, 4.69) is 9.88 Å². The van der Waals surface area contributed by atoms with Crippen LogP contribution in [0.2, 0.25) is 0 Å². The lowest BCUT2D eigenvalue weighted by atomic mass is 10.1. The number of aromatic nitrogens is 1. The highest BCUT2D eigenvalue weighted by Gasteiger charge is 2.04. The lowest BCUT2D eigenvalue weighted by Crippen LogP contribution is -2.18. The first kappa shape index (κ1) is 12.1. The van der Waals surface area contributed by atoms with E-state index < -0.39 is 0 Å². The number of nitrogens with zero attached hydrogens (tertiary/aromatic N) is 2. The molecule has 1 heterocycles. The predicted molar refractivity (Wildman–Crippen MR) is 73.8 cm³/mol. The van der Waals surface area contributed by atoms with Gasteiger partial charge >= 0.3 is 0 Å². The Hall–Kier alpha value is -2.36. The van der Waals surface area contributed by atoms with Gasteiger partial charge in [0.15, 0.2) is 0 Å². The van der Waals surface area contributed by atoms with Crippen LogP contribution in [0.25, 0.3) is 0 Å². The molecule has 0 aliphatic heterocycles. The number of benzene rings is 1. The van der Waals surface area contributed by atoms with Gasteiger partial charge in [0.2, 0.25) is 0 Å². The smallest absolute Gasteiger partial charge is 0.122 e. The Morgan fingerprint density at radius 3 is 2.67 bits per heavy atom. The molecule has 0 saturated heterocycles. The van der Waals surface area contributed by atoms with Crippen molar-refractivity contribution in [2.75, 3.05) is 11.9 Å². The zero-order chi connectivity index (χ0) is 13.0. The third kappa shape index (κ3) is 2.85. The van der Waals surface area contributed by atoms with Gasteiger partial charge in [-0.25, -0.2) is 0 Å². The summed E-state index contributed by atoms with van der Waals surface area (Å²) in [6.45, 7) is 0.796. The molecule has 92 valence electrons. The fraction of sp³-hybridized carbons (Fsp3) is 0.143. The van der Waals surface area contributed by atoms with Crippen LogP contribution in [-0.2, 0) is 6.54 Å². The van der Waals surface area contributed by atoms with E-state index in [4.69, 9.17) is 11.1 Å². The van der Waals surface area contributed by atoms with Gasteiger partial charge in [-0.05, 0) is 29.8 Å². The molecule has 1 aromatic heterocycles. The number of pyridine rings is 1. The van der Waals surface area contributed by atoms with Crippen LogP contribution in [-0.4, -0.2) is 17.9 Å². The van der Waals surface area contributed by atoms with Crippen LogP contribution in [0.5, 0.6) is 0 Å². The zero-order valence-corrected chi connectivity index (χ0v) is 10.3. The van der Waals surface area contributed by atoms with Crippen LogP contribution >= 0.6 is 0 Å².